The van der Waals surface area contributed by atoms with Crippen LogP contribution in [0, 0.1) is 45.3 Å². The molecule has 0 aromatic heterocycles. The van der Waals surface area contributed by atoms with Gasteiger partial charge in [-0.3, -0.25) is 0 Å². The van der Waals surface area contributed by atoms with E-state index in [1.54, 1.807) is 0 Å². The minimum absolute atomic E-state index is 0.0181. The average Bonchev–Trinajstić information content (AvgIpc) is 3.49. The van der Waals surface area contributed by atoms with Gasteiger partial charge in [0.05, 0.1) is 31.0 Å². The molecule has 55 heavy (non-hydrogen) atoms. The maximum Gasteiger partial charge on any atom is 0.187 e. The molecule has 2 saturated heterocycles. The highest BCUT2D eigenvalue weighted by Gasteiger charge is 2.72. The summed E-state index contributed by atoms with van der Waals surface area (Å²) in [6.45, 7) is 16.5. The first kappa shape index (κ1) is 43.8. The van der Waals surface area contributed by atoms with E-state index in [0.717, 1.165) is 44.1 Å². The number of allylic oxidation sites excluding steroid dienone is 2. The van der Waals surface area contributed by atoms with Crippen molar-refractivity contribution in [2.75, 3.05) is 13.2 Å². The third-order valence-corrected chi connectivity index (χ3v) is 16.8. The molecule has 0 unspecified atom stereocenters. The van der Waals surface area contributed by atoms with Crippen LogP contribution in [-0.2, 0) is 18.9 Å². The van der Waals surface area contributed by atoms with Gasteiger partial charge in [0, 0.05) is 5.41 Å². The molecule has 6 rings (SSSR count). The van der Waals surface area contributed by atoms with Crippen molar-refractivity contribution in [2.24, 2.45) is 45.3 Å². The third kappa shape index (κ3) is 7.10. The molecule has 13 nitrogen and oxygen atoms in total. The van der Waals surface area contributed by atoms with Crippen LogP contribution in [-0.4, -0.2) is 138 Å². The molecule has 0 bridgehead atoms. The van der Waals surface area contributed by atoms with Gasteiger partial charge >= 0.3 is 0 Å². The van der Waals surface area contributed by atoms with Crippen LogP contribution in [0.4, 0.5) is 0 Å². The van der Waals surface area contributed by atoms with Crippen LogP contribution >= 0.6 is 0 Å². The quantitative estimate of drug-likeness (QED) is 0.145. The summed E-state index contributed by atoms with van der Waals surface area (Å²) >= 11 is 0. The van der Waals surface area contributed by atoms with Crippen LogP contribution < -0.4 is 0 Å². The van der Waals surface area contributed by atoms with Crippen molar-refractivity contribution in [1.29, 1.82) is 0 Å². The van der Waals surface area contributed by atoms with Gasteiger partial charge in [-0.25, -0.2) is 0 Å². The molecule has 4 saturated carbocycles. The molecule has 4 aliphatic carbocycles. The fraction of sp³-hybridized carbons (Fsp3) is 0.952. The third-order valence-electron chi connectivity index (χ3n) is 16.8. The summed E-state index contributed by atoms with van der Waals surface area (Å²) in [7, 11) is 0. The first-order valence-corrected chi connectivity index (χ1v) is 20.9. The Kier molecular flexibility index (Phi) is 12.5. The largest absolute Gasteiger partial charge is 0.394 e. The Morgan fingerprint density at radius 3 is 1.98 bits per heavy atom. The number of aliphatic hydroxyl groups excluding tert-OH is 9. The van der Waals surface area contributed by atoms with Gasteiger partial charge in [-0.15, -0.1) is 0 Å². The smallest absolute Gasteiger partial charge is 0.187 e. The van der Waals surface area contributed by atoms with Crippen molar-refractivity contribution in [3.05, 3.63) is 11.6 Å². The normalized spacial score (nSPS) is 52.0. The second kappa shape index (κ2) is 15.7. The summed E-state index contributed by atoms with van der Waals surface area (Å²) in [6.07, 6.45) is -6.45. The molecular weight excluding hydrogens is 712 g/mol. The molecule has 0 amide bonds. The molecule has 2 aliphatic heterocycles. The van der Waals surface area contributed by atoms with E-state index in [1.165, 1.54) is 0 Å². The van der Waals surface area contributed by atoms with Crippen LogP contribution in [0.1, 0.15) is 113 Å². The monoisotopic (exact) mass is 784 g/mol. The molecule has 0 aromatic rings. The summed E-state index contributed by atoms with van der Waals surface area (Å²) in [5.41, 5.74) is -0.591. The number of hydrogen-bond acceptors (Lipinski definition) is 13. The van der Waals surface area contributed by atoms with E-state index in [2.05, 4.69) is 47.6 Å². The molecule has 0 radical (unpaired) electrons. The number of rotatable bonds is 10. The first-order chi connectivity index (χ1) is 25.6. The van der Waals surface area contributed by atoms with Crippen LogP contribution in [0.5, 0.6) is 0 Å². The van der Waals surface area contributed by atoms with Gasteiger partial charge in [0.15, 0.2) is 12.6 Å². The van der Waals surface area contributed by atoms with Crippen molar-refractivity contribution in [3.8, 4) is 0 Å². The predicted molar refractivity (Wildman–Crippen MR) is 201 cm³/mol. The maximum atomic E-state index is 12.3. The number of aliphatic hydroxyl groups is 9. The number of fused-ring (bicyclic) bond motifs is 5. The van der Waals surface area contributed by atoms with E-state index in [-0.39, 0.29) is 51.4 Å². The van der Waals surface area contributed by atoms with Crippen LogP contribution in [0.2, 0.25) is 0 Å². The zero-order chi connectivity index (χ0) is 40.6. The Hall–Kier alpha value is -0.780. The predicted octanol–water partition coefficient (Wildman–Crippen LogP) is 2.15. The highest BCUT2D eigenvalue weighted by molar-refractivity contribution is 5.21. The summed E-state index contributed by atoms with van der Waals surface area (Å²) in [5.74, 6) is 0.690. The van der Waals surface area contributed by atoms with E-state index in [9.17, 15) is 46.0 Å². The summed E-state index contributed by atoms with van der Waals surface area (Å²) in [6, 6.07) is 0. The molecule has 0 aromatic carbocycles. The van der Waals surface area contributed by atoms with Crippen molar-refractivity contribution in [1.82, 2.24) is 0 Å². The SMILES string of the molecule is CC(C)=CCC[C@](C)(O[C@@H]1O[C@H](CO[C@@H]2O[C@H](CO)[C@@H](O)[C@H](O)[C@H]2O)[C@@H](O)[C@H](O)[C@H]1O)[C@H]1CC[C@]2(C)[C@@H]1CC[C@@H]1[C@@]3(C)CC[C@H](O)C(C)(C)[C@@H]3C[C@H](O)[C@]12C. The van der Waals surface area contributed by atoms with Crippen molar-refractivity contribution in [2.45, 2.75) is 192 Å². The van der Waals surface area contributed by atoms with E-state index < -0.39 is 86.3 Å². The standard InChI is InChI=1S/C42H72O13/c1-21(2)10-9-15-41(7,55-37-35(51)33(49)31(47)25(54-37)20-52-36-34(50)32(48)30(46)24(19-43)53-36)23-13-17-40(6)22(23)11-12-26-39(5)16-14-28(44)38(3,4)27(39)18-29(45)42(26,40)8/h10,22-37,43-51H,9,11-20H2,1-8H3/t22-,23+,24-,25-,26-,27+,28+,29+,30-,31-,32+,33+,34-,35-,36-,37+,39-,40-,41+,42+/m1/s1. The van der Waals surface area contributed by atoms with Gasteiger partial charge in [-0.2, -0.15) is 0 Å². The topological polar surface area (TPSA) is 219 Å². The summed E-state index contributed by atoms with van der Waals surface area (Å²) in [5, 5.41) is 97.3. The lowest BCUT2D eigenvalue weighted by molar-refractivity contribution is -0.349. The van der Waals surface area contributed by atoms with Gasteiger partial charge in [0.25, 0.3) is 0 Å². The highest BCUT2D eigenvalue weighted by Crippen LogP contribution is 2.76. The van der Waals surface area contributed by atoms with E-state index in [4.69, 9.17) is 18.9 Å². The van der Waals surface area contributed by atoms with Gasteiger partial charge in [-0.05, 0) is 118 Å². The van der Waals surface area contributed by atoms with E-state index >= 15 is 0 Å². The second-order valence-corrected chi connectivity index (χ2v) is 20.1. The van der Waals surface area contributed by atoms with Crippen molar-refractivity contribution < 1.29 is 64.9 Å². The highest BCUT2D eigenvalue weighted by atomic mass is 16.7. The Labute approximate surface area is 327 Å². The van der Waals surface area contributed by atoms with Crippen LogP contribution in [0.25, 0.3) is 0 Å². The fourth-order valence-corrected chi connectivity index (χ4v) is 13.2. The lowest BCUT2D eigenvalue weighted by Crippen LogP contribution is -2.68. The van der Waals surface area contributed by atoms with Gasteiger partial charge in [0.1, 0.15) is 48.8 Å². The Morgan fingerprint density at radius 2 is 1.35 bits per heavy atom. The van der Waals surface area contributed by atoms with Crippen molar-refractivity contribution in [3.63, 3.8) is 0 Å². The molecule has 318 valence electrons. The summed E-state index contributed by atoms with van der Waals surface area (Å²) in [4.78, 5) is 0. The van der Waals surface area contributed by atoms with E-state index in [1.807, 2.05) is 13.8 Å². The number of hydrogen-bond donors (Lipinski definition) is 9. The first-order valence-electron chi connectivity index (χ1n) is 20.9. The molecule has 2 heterocycles. The lowest BCUT2D eigenvalue weighted by atomic mass is 9.34. The van der Waals surface area contributed by atoms with Crippen LogP contribution in [0.15, 0.2) is 11.6 Å². The van der Waals surface area contributed by atoms with Crippen molar-refractivity contribution >= 4 is 0 Å². The maximum absolute atomic E-state index is 12.3. The zero-order valence-corrected chi connectivity index (χ0v) is 34.3. The number of ether oxygens (including phenoxy) is 4. The molecular formula is C42H72O13. The minimum atomic E-state index is -1.67. The summed E-state index contributed by atoms with van der Waals surface area (Å²) < 4.78 is 24.3. The molecule has 20 atom stereocenters. The Bertz CT molecular complexity index is 1370. The van der Waals surface area contributed by atoms with Gasteiger partial charge < -0.3 is 64.9 Å². The average molecular weight is 785 g/mol. The Balaban J connectivity index is 1.25. The molecule has 9 N–H and O–H groups in total. The molecule has 6 aliphatic rings. The molecule has 0 spiro atoms. The van der Waals surface area contributed by atoms with E-state index in [0.29, 0.717) is 19.3 Å². The molecule has 6 fully saturated rings. The minimum Gasteiger partial charge on any atom is -0.394 e. The van der Waals surface area contributed by atoms with Crippen LogP contribution in [0.3, 0.4) is 0 Å². The zero-order valence-electron chi connectivity index (χ0n) is 34.3. The Morgan fingerprint density at radius 1 is 0.727 bits per heavy atom. The lowest BCUT2D eigenvalue weighted by Gasteiger charge is -2.71. The fourth-order valence-electron chi connectivity index (χ4n) is 13.2. The van der Waals surface area contributed by atoms with Gasteiger partial charge in [0.2, 0.25) is 0 Å². The van der Waals surface area contributed by atoms with Gasteiger partial charge in [-0.1, -0.05) is 46.3 Å². The molecule has 13 heteroatoms. The second-order valence-electron chi connectivity index (χ2n) is 20.1.